The minimum Gasteiger partial charge on any atom is -0.508 e. The zero-order valence-electron chi connectivity index (χ0n) is 23.9. The first-order chi connectivity index (χ1) is 19.8. The van der Waals surface area contributed by atoms with Crippen LogP contribution in [0.15, 0.2) is 35.1 Å². The number of aromatic hydroxyl groups is 1. The zero-order chi connectivity index (χ0) is 30.7. The molecule has 1 saturated carbocycles. The lowest BCUT2D eigenvalue weighted by Crippen LogP contribution is -2.67. The quantitative estimate of drug-likeness (QED) is 0.198. The first-order valence-electron chi connectivity index (χ1n) is 14.0. The Morgan fingerprint density at radius 3 is 2.33 bits per heavy atom. The SMILES string of the molecule is CN(C)[C@@H]1C(=O)C(C(=O)NCN2CCN(CCO)CC2)=C(O)[C@@]2(O)C(=O)C3=C(O)c4c(O)cccc4[C@@](C)(O)[C@H]3C[C@@H]12. The molecular formula is C29H38N4O9. The monoisotopic (exact) mass is 586 g/mol. The number of phenolic OH excluding ortho intramolecular Hbond substituents is 1. The molecule has 1 saturated heterocycles. The average molecular weight is 587 g/mol. The number of aliphatic hydroxyl groups excluding tert-OH is 3. The highest BCUT2D eigenvalue weighted by molar-refractivity contribution is 6.25. The van der Waals surface area contributed by atoms with Gasteiger partial charge in [0.2, 0.25) is 5.78 Å². The first kappa shape index (κ1) is 30.1. The second kappa shape index (κ2) is 10.7. The van der Waals surface area contributed by atoms with Gasteiger partial charge >= 0.3 is 0 Å². The lowest BCUT2D eigenvalue weighted by Gasteiger charge is -2.53. The van der Waals surface area contributed by atoms with Crippen LogP contribution < -0.4 is 5.32 Å². The number of amides is 1. The number of piperazine rings is 1. The molecule has 0 radical (unpaired) electrons. The van der Waals surface area contributed by atoms with Crippen molar-refractivity contribution in [1.29, 1.82) is 0 Å². The van der Waals surface area contributed by atoms with Crippen LogP contribution in [0.1, 0.15) is 24.5 Å². The summed E-state index contributed by atoms with van der Waals surface area (Å²) in [6.45, 7) is 4.58. The normalized spacial score (nSPS) is 32.1. The van der Waals surface area contributed by atoms with Gasteiger partial charge in [0.25, 0.3) is 5.91 Å². The summed E-state index contributed by atoms with van der Waals surface area (Å²) in [6, 6.07) is 3.06. The van der Waals surface area contributed by atoms with Gasteiger partial charge < -0.3 is 36.0 Å². The van der Waals surface area contributed by atoms with Crippen molar-refractivity contribution in [3.8, 4) is 5.75 Å². The molecule has 1 heterocycles. The maximum absolute atomic E-state index is 14.1. The topological polar surface area (TPSA) is 194 Å². The Morgan fingerprint density at radius 2 is 1.71 bits per heavy atom. The Hall–Kier alpha value is -3.33. The zero-order valence-corrected chi connectivity index (χ0v) is 23.9. The Bertz CT molecular complexity index is 1380. The molecule has 1 aliphatic heterocycles. The molecule has 0 aromatic heterocycles. The van der Waals surface area contributed by atoms with E-state index in [9.17, 15) is 39.9 Å². The van der Waals surface area contributed by atoms with Crippen molar-refractivity contribution in [2.75, 3.05) is 60.1 Å². The molecule has 13 heteroatoms. The van der Waals surface area contributed by atoms with Crippen molar-refractivity contribution in [3.63, 3.8) is 0 Å². The number of nitrogens with one attached hydrogen (secondary N) is 1. The molecule has 1 aromatic carbocycles. The predicted molar refractivity (Wildman–Crippen MR) is 149 cm³/mol. The standard InChI is InChI=1S/C29H38N4O9/c1-28(41)15-5-4-6-18(35)19(15)23(36)20-16(28)13-17-22(31(2)3)24(37)21(26(39)29(17,42)25(20)38)27(40)30-14-33-9-7-32(8-10-33)11-12-34/h4-6,16-17,22,34-36,39,41-42H,7-14H2,1-3H3,(H,30,40)/t16-,17-,22-,28+,29-/m0/s1. The lowest BCUT2D eigenvalue weighted by atomic mass is 9.54. The number of phenols is 1. The molecule has 5 rings (SSSR count). The highest BCUT2D eigenvalue weighted by Gasteiger charge is 2.66. The molecule has 4 aliphatic rings. The largest absolute Gasteiger partial charge is 0.508 e. The molecule has 0 bridgehead atoms. The van der Waals surface area contributed by atoms with Gasteiger partial charge in [-0.3, -0.25) is 29.1 Å². The Labute approximate surface area is 243 Å². The first-order valence-corrected chi connectivity index (χ1v) is 14.0. The molecule has 2 fully saturated rings. The maximum Gasteiger partial charge on any atom is 0.259 e. The van der Waals surface area contributed by atoms with Gasteiger partial charge in [-0.05, 0) is 39.1 Å². The minimum atomic E-state index is -2.76. The number of hydrogen-bond acceptors (Lipinski definition) is 12. The van der Waals surface area contributed by atoms with Crippen LogP contribution in [-0.4, -0.2) is 135 Å². The van der Waals surface area contributed by atoms with Crippen LogP contribution >= 0.6 is 0 Å². The smallest absolute Gasteiger partial charge is 0.259 e. The number of carbonyl (C=O) groups excluding carboxylic acids is 3. The molecule has 3 aliphatic carbocycles. The van der Waals surface area contributed by atoms with Gasteiger partial charge in [0.1, 0.15) is 22.8 Å². The molecule has 5 atom stereocenters. The minimum absolute atomic E-state index is 0.0442. The number of likely N-dealkylation sites (N-methyl/N-ethyl adjacent to an activating group) is 1. The highest BCUT2D eigenvalue weighted by Crippen LogP contribution is 2.57. The number of hydrogen-bond donors (Lipinski definition) is 7. The molecule has 228 valence electrons. The van der Waals surface area contributed by atoms with Gasteiger partial charge in [0.05, 0.1) is 30.5 Å². The second-order valence-electron chi connectivity index (χ2n) is 11.9. The van der Waals surface area contributed by atoms with Gasteiger partial charge in [0.15, 0.2) is 11.4 Å². The van der Waals surface area contributed by atoms with Crippen LogP contribution in [0.25, 0.3) is 5.76 Å². The van der Waals surface area contributed by atoms with Crippen LogP contribution in [0.3, 0.4) is 0 Å². The number of fused-ring (bicyclic) bond motifs is 3. The van der Waals surface area contributed by atoms with Crippen molar-refractivity contribution in [1.82, 2.24) is 20.0 Å². The van der Waals surface area contributed by atoms with Crippen molar-refractivity contribution in [2.24, 2.45) is 11.8 Å². The summed E-state index contributed by atoms with van der Waals surface area (Å²) in [4.78, 5) is 46.7. The van der Waals surface area contributed by atoms with Crippen molar-refractivity contribution < 1.29 is 45.0 Å². The average Bonchev–Trinajstić information content (AvgIpc) is 2.93. The molecule has 1 aromatic rings. The van der Waals surface area contributed by atoms with Crippen molar-refractivity contribution in [3.05, 3.63) is 46.2 Å². The van der Waals surface area contributed by atoms with E-state index in [-0.39, 0.29) is 36.6 Å². The van der Waals surface area contributed by atoms with E-state index in [2.05, 4.69) is 10.2 Å². The van der Waals surface area contributed by atoms with Crippen LogP contribution in [0.4, 0.5) is 0 Å². The third-order valence-electron chi connectivity index (χ3n) is 9.35. The predicted octanol–water partition coefficient (Wildman–Crippen LogP) is -1.17. The van der Waals surface area contributed by atoms with Gasteiger partial charge in [-0.15, -0.1) is 0 Å². The van der Waals surface area contributed by atoms with Gasteiger partial charge in [0, 0.05) is 50.1 Å². The second-order valence-corrected chi connectivity index (χ2v) is 11.9. The summed E-state index contributed by atoms with van der Waals surface area (Å²) in [5, 5.41) is 68.5. The molecule has 7 N–H and O–H groups in total. The summed E-state index contributed by atoms with van der Waals surface area (Å²) in [7, 11) is 3.10. The molecule has 1 amide bonds. The Kier molecular flexibility index (Phi) is 7.71. The van der Waals surface area contributed by atoms with E-state index < -0.39 is 69.2 Å². The lowest BCUT2D eigenvalue weighted by molar-refractivity contribution is -0.159. The molecular weight excluding hydrogens is 548 g/mol. The Morgan fingerprint density at radius 1 is 1.07 bits per heavy atom. The number of carbonyl (C=O) groups is 3. The van der Waals surface area contributed by atoms with Crippen molar-refractivity contribution >= 4 is 23.2 Å². The fraction of sp³-hybridized carbons (Fsp3) is 0.552. The number of aliphatic hydroxyl groups is 5. The van der Waals surface area contributed by atoms with E-state index in [1.807, 2.05) is 4.90 Å². The molecule has 42 heavy (non-hydrogen) atoms. The Balaban J connectivity index is 1.53. The molecule has 0 unspecified atom stereocenters. The fourth-order valence-electron chi connectivity index (χ4n) is 7.07. The van der Waals surface area contributed by atoms with Crippen LogP contribution in [0.5, 0.6) is 5.75 Å². The van der Waals surface area contributed by atoms with Gasteiger partial charge in [-0.2, -0.15) is 0 Å². The molecule has 13 nitrogen and oxygen atoms in total. The van der Waals surface area contributed by atoms with E-state index in [0.717, 1.165) is 0 Å². The summed E-state index contributed by atoms with van der Waals surface area (Å²) in [6.07, 6.45) is -0.199. The van der Waals surface area contributed by atoms with E-state index >= 15 is 0 Å². The maximum atomic E-state index is 14.1. The van der Waals surface area contributed by atoms with E-state index in [0.29, 0.717) is 32.7 Å². The fourth-order valence-corrected chi connectivity index (χ4v) is 7.07. The summed E-state index contributed by atoms with van der Waals surface area (Å²) >= 11 is 0. The third-order valence-corrected chi connectivity index (χ3v) is 9.35. The van der Waals surface area contributed by atoms with Gasteiger partial charge in [-0.1, -0.05) is 12.1 Å². The summed E-state index contributed by atoms with van der Waals surface area (Å²) in [5.74, 6) is -7.39. The summed E-state index contributed by atoms with van der Waals surface area (Å²) in [5.41, 5.74) is -5.68. The van der Waals surface area contributed by atoms with E-state index in [1.165, 1.54) is 30.0 Å². The van der Waals surface area contributed by atoms with E-state index in [1.54, 1.807) is 14.1 Å². The molecule has 0 spiro atoms. The number of rotatable bonds is 6. The van der Waals surface area contributed by atoms with Crippen LogP contribution in [0.2, 0.25) is 0 Å². The van der Waals surface area contributed by atoms with E-state index in [4.69, 9.17) is 5.11 Å². The number of benzene rings is 1. The van der Waals surface area contributed by atoms with Crippen LogP contribution in [-0.2, 0) is 20.0 Å². The number of Topliss-reactive ketones (excluding diaryl/α,β-unsaturated/α-hetero) is 2. The van der Waals surface area contributed by atoms with Crippen molar-refractivity contribution in [2.45, 2.75) is 30.6 Å². The number of ketones is 2. The highest BCUT2D eigenvalue weighted by atomic mass is 16.3. The third kappa shape index (κ3) is 4.43. The van der Waals surface area contributed by atoms with Gasteiger partial charge in [-0.25, -0.2) is 0 Å². The summed E-state index contributed by atoms with van der Waals surface area (Å²) < 4.78 is 0. The number of nitrogens with zero attached hydrogens (tertiary/aromatic N) is 3. The number of β-amino-alcohol motifs (C(OH)–C–C–N with tert-alkyl or cyclic N) is 1. The van der Waals surface area contributed by atoms with Crippen LogP contribution in [0, 0.1) is 11.8 Å².